The lowest BCUT2D eigenvalue weighted by Crippen LogP contribution is -2.12. The molecule has 0 saturated heterocycles. The van der Waals surface area contributed by atoms with E-state index in [9.17, 15) is 4.79 Å². The van der Waals surface area contributed by atoms with Crippen LogP contribution in [-0.4, -0.2) is 5.91 Å². The van der Waals surface area contributed by atoms with Gasteiger partial charge < -0.3 is 5.32 Å². The summed E-state index contributed by atoms with van der Waals surface area (Å²) in [5.41, 5.74) is 2.22. The van der Waals surface area contributed by atoms with Crippen LogP contribution in [0.2, 0.25) is 5.02 Å². The number of amides is 1. The van der Waals surface area contributed by atoms with Gasteiger partial charge in [-0.2, -0.15) is 0 Å². The molecule has 0 aliphatic heterocycles. The van der Waals surface area contributed by atoms with Crippen molar-refractivity contribution in [2.45, 2.75) is 6.92 Å². The Labute approximate surface area is 119 Å². The van der Waals surface area contributed by atoms with Crippen LogP contribution in [0.3, 0.4) is 0 Å². The Hall–Kier alpha value is -1.32. The van der Waals surface area contributed by atoms with Gasteiger partial charge in [0.15, 0.2) is 0 Å². The first-order valence-corrected chi connectivity index (χ1v) is 6.57. The largest absolute Gasteiger partial charge is 0.321 e. The Bertz CT molecular complexity index is 598. The smallest absolute Gasteiger partial charge is 0.257 e. The Kier molecular flexibility index (Phi) is 4.04. The van der Waals surface area contributed by atoms with Crippen LogP contribution in [0, 0.1) is 6.92 Å². The quantitative estimate of drug-likeness (QED) is 0.855. The molecule has 2 aromatic carbocycles. The third kappa shape index (κ3) is 2.92. The molecule has 1 N–H and O–H groups in total. The zero-order valence-electron chi connectivity index (χ0n) is 9.71. The van der Waals surface area contributed by atoms with Gasteiger partial charge in [-0.1, -0.05) is 29.8 Å². The molecule has 0 spiro atoms. The van der Waals surface area contributed by atoms with Crippen LogP contribution in [0.15, 0.2) is 46.9 Å². The fourth-order valence-electron chi connectivity index (χ4n) is 1.56. The molecule has 1 amide bonds. The predicted molar refractivity (Wildman–Crippen MR) is 78.3 cm³/mol. The Morgan fingerprint density at radius 3 is 2.61 bits per heavy atom. The van der Waals surface area contributed by atoms with Crippen molar-refractivity contribution in [1.29, 1.82) is 0 Å². The minimum atomic E-state index is -0.216. The van der Waals surface area contributed by atoms with Gasteiger partial charge in [0.05, 0.1) is 16.3 Å². The highest BCUT2D eigenvalue weighted by Gasteiger charge is 2.11. The molecule has 0 aromatic heterocycles. The van der Waals surface area contributed by atoms with Crippen molar-refractivity contribution in [3.63, 3.8) is 0 Å². The lowest BCUT2D eigenvalue weighted by atomic mass is 10.1. The van der Waals surface area contributed by atoms with Crippen molar-refractivity contribution in [3.05, 3.63) is 63.1 Å². The number of rotatable bonds is 2. The number of anilines is 1. The van der Waals surface area contributed by atoms with E-state index in [4.69, 9.17) is 11.6 Å². The number of carbonyl (C=O) groups is 1. The van der Waals surface area contributed by atoms with Crippen molar-refractivity contribution in [2.75, 3.05) is 5.32 Å². The number of hydrogen-bond donors (Lipinski definition) is 1. The fourth-order valence-corrected chi connectivity index (χ4v) is 2.26. The number of hydrogen-bond acceptors (Lipinski definition) is 1. The van der Waals surface area contributed by atoms with Gasteiger partial charge in [0, 0.05) is 4.47 Å². The number of carbonyl (C=O) groups excluding carboxylic acids is 1. The standard InChI is InChI=1S/C14H11BrClNO/c1-9-6-7-10(12(16)8-9)14(18)17-13-5-3-2-4-11(13)15/h2-8H,1H3,(H,17,18). The molecular formula is C14H11BrClNO. The van der Waals surface area contributed by atoms with Crippen molar-refractivity contribution >= 4 is 39.1 Å². The third-order valence-corrected chi connectivity index (χ3v) is 3.50. The van der Waals surface area contributed by atoms with Crippen molar-refractivity contribution in [3.8, 4) is 0 Å². The topological polar surface area (TPSA) is 29.1 Å². The normalized spacial score (nSPS) is 10.2. The van der Waals surface area contributed by atoms with Gasteiger partial charge in [0.2, 0.25) is 0 Å². The zero-order chi connectivity index (χ0) is 13.1. The average molecular weight is 325 g/mol. The van der Waals surface area contributed by atoms with Gasteiger partial charge in [0.1, 0.15) is 0 Å². The molecule has 2 nitrogen and oxygen atoms in total. The lowest BCUT2D eigenvalue weighted by Gasteiger charge is -2.08. The molecule has 4 heteroatoms. The first-order chi connectivity index (χ1) is 8.58. The summed E-state index contributed by atoms with van der Waals surface area (Å²) in [6.07, 6.45) is 0. The van der Waals surface area contributed by atoms with Gasteiger partial charge in [0.25, 0.3) is 5.91 Å². The second-order valence-electron chi connectivity index (χ2n) is 3.92. The second kappa shape index (κ2) is 5.55. The van der Waals surface area contributed by atoms with Gasteiger partial charge in [-0.05, 0) is 52.7 Å². The van der Waals surface area contributed by atoms with Crippen LogP contribution >= 0.6 is 27.5 Å². The Balaban J connectivity index is 2.25. The molecule has 0 atom stereocenters. The Morgan fingerprint density at radius 2 is 1.94 bits per heavy atom. The summed E-state index contributed by atoms with van der Waals surface area (Å²) in [5, 5.41) is 3.27. The van der Waals surface area contributed by atoms with Crippen molar-refractivity contribution in [2.24, 2.45) is 0 Å². The molecule has 0 saturated carbocycles. The minimum Gasteiger partial charge on any atom is -0.321 e. The number of halogens is 2. The van der Waals surface area contributed by atoms with Gasteiger partial charge >= 0.3 is 0 Å². The van der Waals surface area contributed by atoms with Crippen LogP contribution in [0.4, 0.5) is 5.69 Å². The van der Waals surface area contributed by atoms with Crippen LogP contribution in [0.1, 0.15) is 15.9 Å². The maximum atomic E-state index is 12.1. The molecule has 0 unspecified atom stereocenters. The summed E-state index contributed by atoms with van der Waals surface area (Å²) >= 11 is 9.44. The molecule has 18 heavy (non-hydrogen) atoms. The van der Waals surface area contributed by atoms with Crippen LogP contribution < -0.4 is 5.32 Å². The van der Waals surface area contributed by atoms with Crippen LogP contribution in [0.25, 0.3) is 0 Å². The van der Waals surface area contributed by atoms with E-state index < -0.39 is 0 Å². The van der Waals surface area contributed by atoms with Gasteiger partial charge in [-0.15, -0.1) is 0 Å². The first kappa shape index (κ1) is 13.1. The maximum Gasteiger partial charge on any atom is 0.257 e. The summed E-state index contributed by atoms with van der Waals surface area (Å²) < 4.78 is 0.835. The summed E-state index contributed by atoms with van der Waals surface area (Å²) in [4.78, 5) is 12.1. The van der Waals surface area contributed by atoms with E-state index in [2.05, 4.69) is 21.2 Å². The zero-order valence-corrected chi connectivity index (χ0v) is 12.0. The molecule has 92 valence electrons. The summed E-state index contributed by atoms with van der Waals surface area (Å²) in [6, 6.07) is 12.8. The molecule has 2 rings (SSSR count). The first-order valence-electron chi connectivity index (χ1n) is 5.40. The fraction of sp³-hybridized carbons (Fsp3) is 0.0714. The summed E-state index contributed by atoms with van der Waals surface area (Å²) in [5.74, 6) is -0.216. The molecule has 0 heterocycles. The summed E-state index contributed by atoms with van der Waals surface area (Å²) in [6.45, 7) is 1.93. The van der Waals surface area contributed by atoms with Crippen molar-refractivity contribution in [1.82, 2.24) is 0 Å². The number of aryl methyl sites for hydroxylation is 1. The van der Waals surface area contributed by atoms with E-state index in [1.807, 2.05) is 37.3 Å². The molecule has 0 fully saturated rings. The van der Waals surface area contributed by atoms with Crippen LogP contribution in [0.5, 0.6) is 0 Å². The Morgan fingerprint density at radius 1 is 1.22 bits per heavy atom. The van der Waals surface area contributed by atoms with Crippen molar-refractivity contribution < 1.29 is 4.79 Å². The van der Waals surface area contributed by atoms with E-state index in [-0.39, 0.29) is 5.91 Å². The molecule has 0 radical (unpaired) electrons. The van der Waals surface area contributed by atoms with Crippen LogP contribution in [-0.2, 0) is 0 Å². The van der Waals surface area contributed by atoms with E-state index >= 15 is 0 Å². The highest BCUT2D eigenvalue weighted by molar-refractivity contribution is 9.10. The summed E-state index contributed by atoms with van der Waals surface area (Å²) in [7, 11) is 0. The van der Waals surface area contributed by atoms with E-state index in [0.29, 0.717) is 10.6 Å². The van der Waals surface area contributed by atoms with Gasteiger partial charge in [-0.25, -0.2) is 0 Å². The molecule has 0 bridgehead atoms. The highest BCUT2D eigenvalue weighted by atomic mass is 79.9. The number of nitrogens with one attached hydrogen (secondary N) is 1. The molecule has 2 aromatic rings. The lowest BCUT2D eigenvalue weighted by molar-refractivity contribution is 0.102. The second-order valence-corrected chi connectivity index (χ2v) is 5.18. The maximum absolute atomic E-state index is 12.1. The monoisotopic (exact) mass is 323 g/mol. The average Bonchev–Trinajstić information content (AvgIpc) is 2.32. The van der Waals surface area contributed by atoms with E-state index in [1.54, 1.807) is 12.1 Å². The molecule has 0 aliphatic rings. The number of para-hydroxylation sites is 1. The number of benzene rings is 2. The molecule has 0 aliphatic carbocycles. The van der Waals surface area contributed by atoms with Gasteiger partial charge in [-0.3, -0.25) is 4.79 Å². The highest BCUT2D eigenvalue weighted by Crippen LogP contribution is 2.24. The van der Waals surface area contributed by atoms with E-state index in [1.165, 1.54) is 0 Å². The predicted octanol–water partition coefficient (Wildman–Crippen LogP) is 4.66. The minimum absolute atomic E-state index is 0.216. The van der Waals surface area contributed by atoms with E-state index in [0.717, 1.165) is 15.7 Å². The SMILES string of the molecule is Cc1ccc(C(=O)Nc2ccccc2Br)c(Cl)c1. The third-order valence-electron chi connectivity index (χ3n) is 2.49. The molecular weight excluding hydrogens is 314 g/mol.